The lowest BCUT2D eigenvalue weighted by Crippen LogP contribution is -2.42. The Kier molecular flexibility index (Phi) is 5.86. The Balaban J connectivity index is 1.65. The molecule has 1 aromatic rings. The Morgan fingerprint density at radius 1 is 1.36 bits per heavy atom. The van der Waals surface area contributed by atoms with Crippen molar-refractivity contribution >= 4 is 11.6 Å². The van der Waals surface area contributed by atoms with Gasteiger partial charge < -0.3 is 10.2 Å². The first-order chi connectivity index (χ1) is 12.2. The van der Waals surface area contributed by atoms with Crippen LogP contribution < -0.4 is 5.32 Å². The summed E-state index contributed by atoms with van der Waals surface area (Å²) in [6.07, 6.45) is 3.82. The number of hydrogen-bond donors (Lipinski definition) is 1. The average Bonchev–Trinajstić information content (AvgIpc) is 3.30. The van der Waals surface area contributed by atoms with Gasteiger partial charge in [0, 0.05) is 37.8 Å². The summed E-state index contributed by atoms with van der Waals surface area (Å²) in [5, 5.41) is 14.3. The number of likely N-dealkylation sites (tertiary alicyclic amines) is 2. The quantitative estimate of drug-likeness (QED) is 0.383. The van der Waals surface area contributed by atoms with Crippen molar-refractivity contribution in [3.8, 4) is 0 Å². The number of nitrogens with one attached hydrogen (secondary N) is 1. The van der Waals surface area contributed by atoms with E-state index in [9.17, 15) is 10.1 Å². The highest BCUT2D eigenvalue weighted by molar-refractivity contribution is 5.80. The van der Waals surface area contributed by atoms with Crippen LogP contribution in [0.2, 0.25) is 0 Å². The minimum atomic E-state index is -0.362. The van der Waals surface area contributed by atoms with Gasteiger partial charge >= 0.3 is 0 Å². The molecule has 1 atom stereocenters. The second-order valence-electron chi connectivity index (χ2n) is 6.73. The summed E-state index contributed by atoms with van der Waals surface area (Å²) in [5.74, 6) is 0.913. The van der Waals surface area contributed by atoms with Gasteiger partial charge in [-0.05, 0) is 44.8 Å². The zero-order valence-corrected chi connectivity index (χ0v) is 14.9. The molecule has 0 bridgehead atoms. The van der Waals surface area contributed by atoms with Gasteiger partial charge in [-0.25, -0.2) is 4.99 Å². The van der Waals surface area contributed by atoms with Gasteiger partial charge in [-0.3, -0.25) is 15.0 Å². The minimum Gasteiger partial charge on any atom is -0.357 e. The van der Waals surface area contributed by atoms with Crippen LogP contribution in [0, 0.1) is 10.1 Å². The lowest BCUT2D eigenvalue weighted by Gasteiger charge is -2.25. The molecule has 1 N–H and O–H groups in total. The van der Waals surface area contributed by atoms with E-state index in [-0.39, 0.29) is 10.6 Å². The second-order valence-corrected chi connectivity index (χ2v) is 6.73. The van der Waals surface area contributed by atoms with Crippen LogP contribution in [0.15, 0.2) is 29.3 Å². The maximum absolute atomic E-state index is 10.9. The molecule has 136 valence electrons. The number of rotatable bonds is 5. The van der Waals surface area contributed by atoms with E-state index in [1.807, 2.05) is 6.07 Å². The lowest BCUT2D eigenvalue weighted by molar-refractivity contribution is -0.384. The van der Waals surface area contributed by atoms with Gasteiger partial charge in [0.2, 0.25) is 0 Å². The molecule has 0 aliphatic carbocycles. The van der Waals surface area contributed by atoms with Crippen molar-refractivity contribution < 1.29 is 4.92 Å². The van der Waals surface area contributed by atoms with Crippen LogP contribution in [0.1, 0.15) is 31.7 Å². The van der Waals surface area contributed by atoms with Crippen molar-refractivity contribution in [1.82, 2.24) is 15.1 Å². The average molecular weight is 345 g/mol. The van der Waals surface area contributed by atoms with Crippen molar-refractivity contribution in [1.29, 1.82) is 0 Å². The molecule has 2 fully saturated rings. The summed E-state index contributed by atoms with van der Waals surface area (Å²) in [6, 6.07) is 7.35. The van der Waals surface area contributed by atoms with E-state index in [4.69, 9.17) is 4.99 Å². The van der Waals surface area contributed by atoms with Gasteiger partial charge in [0.25, 0.3) is 5.69 Å². The van der Waals surface area contributed by atoms with Crippen LogP contribution in [-0.2, 0) is 6.54 Å². The fraction of sp³-hybridized carbons (Fsp3) is 0.611. The number of benzene rings is 1. The summed E-state index contributed by atoms with van der Waals surface area (Å²) < 4.78 is 0. The van der Waals surface area contributed by atoms with E-state index >= 15 is 0 Å². The molecule has 2 saturated heterocycles. The van der Waals surface area contributed by atoms with Crippen molar-refractivity contribution in [2.24, 2.45) is 4.99 Å². The first-order valence-electron chi connectivity index (χ1n) is 9.18. The number of hydrogen-bond acceptors (Lipinski definition) is 4. The molecule has 2 aliphatic rings. The fourth-order valence-electron chi connectivity index (χ4n) is 3.70. The first-order valence-corrected chi connectivity index (χ1v) is 9.18. The third-order valence-corrected chi connectivity index (χ3v) is 4.99. The highest BCUT2D eigenvalue weighted by Gasteiger charge is 2.30. The molecule has 1 unspecified atom stereocenters. The lowest BCUT2D eigenvalue weighted by atomic mass is 10.2. The molecular formula is C18H27N5O2. The fourth-order valence-corrected chi connectivity index (χ4v) is 3.70. The van der Waals surface area contributed by atoms with Crippen molar-refractivity contribution in [3.05, 3.63) is 39.9 Å². The summed E-state index contributed by atoms with van der Waals surface area (Å²) in [5.41, 5.74) is 0.980. The summed E-state index contributed by atoms with van der Waals surface area (Å²) in [6.45, 7) is 7.81. The second kappa shape index (κ2) is 8.29. The monoisotopic (exact) mass is 345 g/mol. The van der Waals surface area contributed by atoms with Crippen LogP contribution >= 0.6 is 0 Å². The number of nitrogens with zero attached hydrogens (tertiary/aromatic N) is 4. The van der Waals surface area contributed by atoms with Crippen molar-refractivity contribution in [2.45, 2.75) is 38.8 Å². The standard InChI is InChI=1S/C18H27N5O2/c1-2-19-18(20-13-15-6-5-7-16(12-15)23(24)25)22-11-8-17(14-22)21-9-3-4-10-21/h5-7,12,17H,2-4,8-11,13-14H2,1H3,(H,19,20). The van der Waals surface area contributed by atoms with Gasteiger partial charge in [0.1, 0.15) is 0 Å². The van der Waals surface area contributed by atoms with E-state index in [1.54, 1.807) is 12.1 Å². The highest BCUT2D eigenvalue weighted by Crippen LogP contribution is 2.21. The van der Waals surface area contributed by atoms with Gasteiger partial charge in [-0.2, -0.15) is 0 Å². The van der Waals surface area contributed by atoms with Crippen molar-refractivity contribution in [3.63, 3.8) is 0 Å². The maximum Gasteiger partial charge on any atom is 0.269 e. The van der Waals surface area contributed by atoms with Gasteiger partial charge in [-0.15, -0.1) is 0 Å². The van der Waals surface area contributed by atoms with Crippen molar-refractivity contribution in [2.75, 3.05) is 32.7 Å². The third-order valence-electron chi connectivity index (χ3n) is 4.99. The molecule has 7 heteroatoms. The molecule has 0 spiro atoms. The predicted molar refractivity (Wildman–Crippen MR) is 98.7 cm³/mol. The van der Waals surface area contributed by atoms with E-state index < -0.39 is 0 Å². The molecule has 25 heavy (non-hydrogen) atoms. The normalized spacial score (nSPS) is 21.7. The maximum atomic E-state index is 10.9. The molecule has 3 rings (SSSR count). The Morgan fingerprint density at radius 2 is 2.16 bits per heavy atom. The van der Waals surface area contributed by atoms with E-state index in [1.165, 1.54) is 38.4 Å². The molecule has 0 saturated carbocycles. The number of nitro benzene ring substituents is 1. The van der Waals surface area contributed by atoms with Gasteiger partial charge in [-0.1, -0.05) is 12.1 Å². The number of nitro groups is 1. The first kappa shape index (κ1) is 17.7. The summed E-state index contributed by atoms with van der Waals surface area (Å²) >= 11 is 0. The Hall–Kier alpha value is -2.15. The van der Waals surface area contributed by atoms with Gasteiger partial charge in [0.15, 0.2) is 5.96 Å². The zero-order chi connectivity index (χ0) is 17.6. The van der Waals surface area contributed by atoms with E-state index in [0.29, 0.717) is 12.6 Å². The molecule has 0 aromatic heterocycles. The highest BCUT2D eigenvalue weighted by atomic mass is 16.6. The zero-order valence-electron chi connectivity index (χ0n) is 14.9. The number of guanidine groups is 1. The predicted octanol–water partition coefficient (Wildman–Crippen LogP) is 2.23. The van der Waals surface area contributed by atoms with Crippen LogP contribution in [0.5, 0.6) is 0 Å². The van der Waals surface area contributed by atoms with E-state index in [0.717, 1.165) is 31.2 Å². The Bertz CT molecular complexity index is 628. The van der Waals surface area contributed by atoms with Gasteiger partial charge in [0.05, 0.1) is 11.5 Å². The SMILES string of the molecule is CCNC(=NCc1cccc([N+](=O)[O-])c1)N1CCC(N2CCCC2)C1. The molecule has 2 aliphatic heterocycles. The Morgan fingerprint density at radius 3 is 2.88 bits per heavy atom. The number of non-ortho nitro benzene ring substituents is 1. The minimum absolute atomic E-state index is 0.118. The largest absolute Gasteiger partial charge is 0.357 e. The van der Waals surface area contributed by atoms with Crippen LogP contribution in [0.3, 0.4) is 0 Å². The summed E-state index contributed by atoms with van der Waals surface area (Å²) in [7, 11) is 0. The van der Waals surface area contributed by atoms with E-state index in [2.05, 4.69) is 22.0 Å². The molecule has 7 nitrogen and oxygen atoms in total. The smallest absolute Gasteiger partial charge is 0.269 e. The summed E-state index contributed by atoms with van der Waals surface area (Å²) in [4.78, 5) is 20.2. The topological polar surface area (TPSA) is 74.0 Å². The third kappa shape index (κ3) is 4.48. The molecule has 0 radical (unpaired) electrons. The number of aliphatic imine (C=N–C) groups is 1. The van der Waals surface area contributed by atoms with Crippen LogP contribution in [0.25, 0.3) is 0 Å². The molecule has 0 amide bonds. The molecule has 1 aromatic carbocycles. The molecule has 2 heterocycles. The van der Waals surface area contributed by atoms with Crippen LogP contribution in [0.4, 0.5) is 5.69 Å². The Labute approximate surface area is 148 Å². The van der Waals surface area contributed by atoms with Crippen LogP contribution in [-0.4, -0.2) is 59.4 Å². The molecular weight excluding hydrogens is 318 g/mol.